The normalized spacial score (nSPS) is 10.2. The van der Waals surface area contributed by atoms with Crippen molar-refractivity contribution in [3.63, 3.8) is 0 Å². The van der Waals surface area contributed by atoms with E-state index in [0.29, 0.717) is 6.54 Å². The number of anilines is 1. The summed E-state index contributed by atoms with van der Waals surface area (Å²) in [6, 6.07) is 14.2. The molecule has 0 bridgehead atoms. The van der Waals surface area contributed by atoms with Crippen molar-refractivity contribution in [3.05, 3.63) is 59.4 Å². The largest absolute Gasteiger partial charge is 0.379 e. The lowest BCUT2D eigenvalue weighted by Crippen LogP contribution is -2.05. The average molecular weight is 227 g/mol. The van der Waals surface area contributed by atoms with Crippen LogP contribution in [0, 0.1) is 6.92 Å². The molecule has 88 valence electrons. The van der Waals surface area contributed by atoms with E-state index >= 15 is 0 Å². The van der Waals surface area contributed by atoms with Crippen LogP contribution in [0.5, 0.6) is 0 Å². The first-order chi connectivity index (χ1) is 8.28. The Kier molecular flexibility index (Phi) is 3.73. The third kappa shape index (κ3) is 3.29. The summed E-state index contributed by atoms with van der Waals surface area (Å²) < 4.78 is 0. The van der Waals surface area contributed by atoms with Crippen LogP contribution in [0.1, 0.15) is 17.0 Å². The fourth-order valence-corrected chi connectivity index (χ4v) is 1.69. The van der Waals surface area contributed by atoms with Crippen molar-refractivity contribution in [2.75, 3.05) is 5.32 Å². The smallest absolute Gasteiger partial charge is 0.0598 e. The molecule has 2 rings (SSSR count). The Morgan fingerprint density at radius 3 is 2.65 bits per heavy atom. The van der Waals surface area contributed by atoms with Gasteiger partial charge in [0.1, 0.15) is 0 Å². The quantitative estimate of drug-likeness (QED) is 0.843. The minimum atomic E-state index is 0.484. The number of rotatable bonds is 4. The summed E-state index contributed by atoms with van der Waals surface area (Å²) in [6.45, 7) is 3.29. The highest BCUT2D eigenvalue weighted by molar-refractivity contribution is 5.45. The van der Waals surface area contributed by atoms with Crippen molar-refractivity contribution in [3.8, 4) is 0 Å². The summed E-state index contributed by atoms with van der Waals surface area (Å²) in [6.07, 6.45) is 0. The van der Waals surface area contributed by atoms with E-state index < -0.39 is 0 Å². The van der Waals surface area contributed by atoms with Gasteiger partial charge in [0.05, 0.1) is 17.9 Å². The van der Waals surface area contributed by atoms with E-state index in [4.69, 9.17) is 5.73 Å². The molecule has 0 spiro atoms. The summed E-state index contributed by atoms with van der Waals surface area (Å²) >= 11 is 0. The van der Waals surface area contributed by atoms with E-state index in [0.717, 1.165) is 23.6 Å². The van der Waals surface area contributed by atoms with Gasteiger partial charge in [-0.3, -0.25) is 4.98 Å². The van der Waals surface area contributed by atoms with E-state index in [2.05, 4.69) is 35.4 Å². The van der Waals surface area contributed by atoms with Crippen LogP contribution >= 0.6 is 0 Å². The van der Waals surface area contributed by atoms with Crippen molar-refractivity contribution in [1.82, 2.24) is 4.98 Å². The molecule has 3 nitrogen and oxygen atoms in total. The van der Waals surface area contributed by atoms with E-state index in [-0.39, 0.29) is 0 Å². The van der Waals surface area contributed by atoms with Crippen LogP contribution in [0.4, 0.5) is 5.69 Å². The zero-order valence-corrected chi connectivity index (χ0v) is 9.98. The number of aryl methyl sites for hydroxylation is 1. The number of pyridine rings is 1. The van der Waals surface area contributed by atoms with Crippen molar-refractivity contribution in [2.24, 2.45) is 5.73 Å². The van der Waals surface area contributed by atoms with Gasteiger partial charge in [0.25, 0.3) is 0 Å². The van der Waals surface area contributed by atoms with Crippen LogP contribution in [0.15, 0.2) is 42.5 Å². The van der Waals surface area contributed by atoms with Crippen LogP contribution in [0.2, 0.25) is 0 Å². The zero-order chi connectivity index (χ0) is 12.1. The monoisotopic (exact) mass is 227 g/mol. The molecule has 0 amide bonds. The molecule has 0 unspecified atom stereocenters. The maximum atomic E-state index is 5.56. The number of benzene rings is 1. The fourth-order valence-electron chi connectivity index (χ4n) is 1.69. The van der Waals surface area contributed by atoms with E-state index in [1.807, 2.05) is 24.3 Å². The molecule has 0 saturated heterocycles. The third-order valence-corrected chi connectivity index (χ3v) is 2.57. The molecule has 3 N–H and O–H groups in total. The lowest BCUT2D eigenvalue weighted by atomic mass is 10.2. The first kappa shape index (κ1) is 11.6. The summed E-state index contributed by atoms with van der Waals surface area (Å²) in [7, 11) is 0. The number of aromatic nitrogens is 1. The SMILES string of the molecule is Cc1cccc(NCc2cccc(CN)n2)c1. The van der Waals surface area contributed by atoms with Gasteiger partial charge >= 0.3 is 0 Å². The molecular formula is C14H17N3. The molecular weight excluding hydrogens is 210 g/mol. The third-order valence-electron chi connectivity index (χ3n) is 2.57. The Hall–Kier alpha value is -1.87. The first-order valence-electron chi connectivity index (χ1n) is 5.73. The zero-order valence-electron chi connectivity index (χ0n) is 9.98. The molecule has 17 heavy (non-hydrogen) atoms. The van der Waals surface area contributed by atoms with Gasteiger partial charge in [0, 0.05) is 12.2 Å². The molecule has 0 radical (unpaired) electrons. The maximum absolute atomic E-state index is 5.56. The summed E-state index contributed by atoms with van der Waals surface area (Å²) in [5, 5.41) is 3.35. The van der Waals surface area contributed by atoms with Gasteiger partial charge in [-0.25, -0.2) is 0 Å². The Morgan fingerprint density at radius 2 is 1.88 bits per heavy atom. The van der Waals surface area contributed by atoms with Gasteiger partial charge in [0.2, 0.25) is 0 Å². The Bertz CT molecular complexity index is 494. The van der Waals surface area contributed by atoms with Gasteiger partial charge in [0.15, 0.2) is 0 Å². The van der Waals surface area contributed by atoms with Gasteiger partial charge in [-0.1, -0.05) is 18.2 Å². The van der Waals surface area contributed by atoms with Crippen LogP contribution in [0.3, 0.4) is 0 Å². The van der Waals surface area contributed by atoms with Crippen LogP contribution in [-0.4, -0.2) is 4.98 Å². The molecule has 0 aliphatic carbocycles. The Morgan fingerprint density at radius 1 is 1.12 bits per heavy atom. The fraction of sp³-hybridized carbons (Fsp3) is 0.214. The van der Waals surface area contributed by atoms with Gasteiger partial charge < -0.3 is 11.1 Å². The summed E-state index contributed by atoms with van der Waals surface area (Å²) in [4.78, 5) is 4.44. The molecule has 0 saturated carbocycles. The molecule has 1 aromatic heterocycles. The Labute approximate surface area is 102 Å². The molecule has 1 aromatic carbocycles. The molecule has 2 aromatic rings. The van der Waals surface area contributed by atoms with Crippen molar-refractivity contribution in [1.29, 1.82) is 0 Å². The number of nitrogens with one attached hydrogen (secondary N) is 1. The first-order valence-corrected chi connectivity index (χ1v) is 5.73. The predicted molar refractivity (Wildman–Crippen MR) is 70.6 cm³/mol. The van der Waals surface area contributed by atoms with Crippen LogP contribution in [0.25, 0.3) is 0 Å². The minimum Gasteiger partial charge on any atom is -0.379 e. The van der Waals surface area contributed by atoms with Crippen molar-refractivity contribution in [2.45, 2.75) is 20.0 Å². The lowest BCUT2D eigenvalue weighted by Gasteiger charge is -2.07. The van der Waals surface area contributed by atoms with Gasteiger partial charge in [-0.15, -0.1) is 0 Å². The highest BCUT2D eigenvalue weighted by Crippen LogP contribution is 2.10. The van der Waals surface area contributed by atoms with Crippen molar-refractivity contribution >= 4 is 5.69 Å². The van der Waals surface area contributed by atoms with Gasteiger partial charge in [-0.05, 0) is 36.8 Å². The van der Waals surface area contributed by atoms with Gasteiger partial charge in [-0.2, -0.15) is 0 Å². The second-order valence-corrected chi connectivity index (χ2v) is 4.05. The highest BCUT2D eigenvalue weighted by atomic mass is 14.9. The summed E-state index contributed by atoms with van der Waals surface area (Å²) in [5.41, 5.74) is 9.86. The number of nitrogens with two attached hydrogens (primary N) is 1. The summed E-state index contributed by atoms with van der Waals surface area (Å²) in [5.74, 6) is 0. The predicted octanol–water partition coefficient (Wildman–Crippen LogP) is 2.46. The van der Waals surface area contributed by atoms with E-state index in [9.17, 15) is 0 Å². The minimum absolute atomic E-state index is 0.484. The molecule has 0 atom stereocenters. The van der Waals surface area contributed by atoms with E-state index in [1.54, 1.807) is 0 Å². The van der Waals surface area contributed by atoms with Crippen LogP contribution < -0.4 is 11.1 Å². The topological polar surface area (TPSA) is 50.9 Å². The average Bonchev–Trinajstić information content (AvgIpc) is 2.37. The second kappa shape index (κ2) is 5.46. The lowest BCUT2D eigenvalue weighted by molar-refractivity contribution is 0.937. The number of nitrogens with zero attached hydrogens (tertiary/aromatic N) is 1. The molecule has 3 heteroatoms. The maximum Gasteiger partial charge on any atom is 0.0598 e. The molecule has 0 aliphatic rings. The van der Waals surface area contributed by atoms with Crippen LogP contribution in [-0.2, 0) is 13.1 Å². The highest BCUT2D eigenvalue weighted by Gasteiger charge is 1.97. The molecule has 0 fully saturated rings. The Balaban J connectivity index is 2.02. The molecule has 0 aliphatic heterocycles. The number of hydrogen-bond donors (Lipinski definition) is 2. The molecule has 1 heterocycles. The second-order valence-electron chi connectivity index (χ2n) is 4.05. The number of hydrogen-bond acceptors (Lipinski definition) is 3. The van der Waals surface area contributed by atoms with E-state index in [1.165, 1.54) is 5.56 Å². The standard InChI is InChI=1S/C14H17N3/c1-11-4-2-5-12(8-11)16-10-14-7-3-6-13(9-15)17-14/h2-8,16H,9-10,15H2,1H3. The van der Waals surface area contributed by atoms with Crippen molar-refractivity contribution < 1.29 is 0 Å².